The first kappa shape index (κ1) is 13.7. The largest absolute Gasteiger partial charge is 0.291 e. The van der Waals surface area contributed by atoms with Gasteiger partial charge in [0.2, 0.25) is 6.29 Å². The fourth-order valence-corrected chi connectivity index (χ4v) is 2.43. The van der Waals surface area contributed by atoms with Crippen molar-refractivity contribution >= 4 is 23.7 Å². The highest BCUT2D eigenvalue weighted by Crippen LogP contribution is 2.34. The Hall–Kier alpha value is -1.36. The lowest BCUT2D eigenvalue weighted by atomic mass is 10.1. The highest BCUT2D eigenvalue weighted by molar-refractivity contribution is 7.99. The van der Waals surface area contributed by atoms with Crippen LogP contribution in [-0.2, 0) is 4.79 Å². The molecule has 0 N–H and O–H groups in total. The molecular weight excluding hydrogens is 238 g/mol. The first-order valence-corrected chi connectivity index (χ1v) is 6.33. The molecule has 0 saturated heterocycles. The Balaban J connectivity index is 2.78. The van der Waals surface area contributed by atoms with E-state index < -0.39 is 0 Å². The summed E-state index contributed by atoms with van der Waals surface area (Å²) < 4.78 is 0. The van der Waals surface area contributed by atoms with Gasteiger partial charge < -0.3 is 0 Å². The van der Waals surface area contributed by atoms with Crippen molar-refractivity contribution in [1.29, 1.82) is 0 Å². The Bertz CT molecular complexity index is 408. The molecule has 4 nitrogen and oxygen atoms in total. The first-order chi connectivity index (χ1) is 8.06. The second-order valence-electron chi connectivity index (χ2n) is 3.81. The lowest BCUT2D eigenvalue weighted by Crippen LogP contribution is -2.02. The molecule has 5 heteroatoms. The van der Waals surface area contributed by atoms with Crippen LogP contribution in [0.25, 0.3) is 0 Å². The van der Waals surface area contributed by atoms with Crippen molar-refractivity contribution in [2.75, 3.05) is 5.75 Å². The quantitative estimate of drug-likeness (QED) is 0.576. The number of thioether (sulfide) groups is 1. The normalized spacial score (nSPS) is 14.0. The van der Waals surface area contributed by atoms with Gasteiger partial charge in [-0.15, -0.1) is 0 Å². The highest BCUT2D eigenvalue weighted by atomic mass is 32.2. The summed E-state index contributed by atoms with van der Waals surface area (Å²) in [7, 11) is 0. The average molecular weight is 252 g/mol. The molecule has 0 fully saturated rings. The molecule has 0 aromatic heterocycles. The summed E-state index contributed by atoms with van der Waals surface area (Å²) in [4.78, 5) is 20.9. The summed E-state index contributed by atoms with van der Waals surface area (Å²) in [6.07, 6.45) is 1.90. The predicted octanol–water partition coefficient (Wildman–Crippen LogP) is 3.13. The van der Waals surface area contributed by atoms with Crippen molar-refractivity contribution in [3.05, 3.63) is 39.9 Å². The molecule has 0 spiro atoms. The van der Waals surface area contributed by atoms with E-state index in [-0.39, 0.29) is 21.8 Å². The zero-order chi connectivity index (χ0) is 12.8. The van der Waals surface area contributed by atoms with Crippen LogP contribution < -0.4 is 0 Å². The topological polar surface area (TPSA) is 60.2 Å². The molecule has 2 unspecified atom stereocenters. The van der Waals surface area contributed by atoms with E-state index in [1.54, 1.807) is 25.1 Å². The van der Waals surface area contributed by atoms with E-state index in [2.05, 4.69) is 0 Å². The van der Waals surface area contributed by atoms with E-state index in [0.29, 0.717) is 11.3 Å². The van der Waals surface area contributed by atoms with E-state index >= 15 is 0 Å². The van der Waals surface area contributed by atoms with Gasteiger partial charge in [0.1, 0.15) is 0 Å². The fourth-order valence-electron chi connectivity index (χ4n) is 1.41. The molecule has 1 aromatic rings. The van der Waals surface area contributed by atoms with Gasteiger partial charge in [-0.05, 0) is 6.92 Å². The number of benzene rings is 1. The SMILES string of the molecule is CC([C]=O)CSC(C)c1ccccc1[N+](=O)[O-]. The fraction of sp³-hybridized carbons (Fsp3) is 0.417. The molecule has 0 saturated carbocycles. The van der Waals surface area contributed by atoms with Gasteiger partial charge in [0.25, 0.3) is 5.69 Å². The second-order valence-corrected chi connectivity index (χ2v) is 5.18. The Labute approximate surface area is 105 Å². The van der Waals surface area contributed by atoms with E-state index in [0.717, 1.165) is 0 Å². The molecule has 0 aliphatic carbocycles. The van der Waals surface area contributed by atoms with Gasteiger partial charge in [-0.3, -0.25) is 14.9 Å². The summed E-state index contributed by atoms with van der Waals surface area (Å²) >= 11 is 1.53. The molecule has 91 valence electrons. The van der Waals surface area contributed by atoms with Gasteiger partial charge in [-0.25, -0.2) is 0 Å². The Kier molecular flexibility index (Phi) is 5.15. The third-order valence-corrected chi connectivity index (χ3v) is 3.82. The van der Waals surface area contributed by atoms with Gasteiger partial charge in [0.05, 0.1) is 4.92 Å². The maximum absolute atomic E-state index is 10.9. The van der Waals surface area contributed by atoms with Gasteiger partial charge in [0.15, 0.2) is 0 Å². The molecule has 1 aromatic carbocycles. The highest BCUT2D eigenvalue weighted by Gasteiger charge is 2.18. The molecule has 0 aliphatic rings. The minimum atomic E-state index is -0.373. The summed E-state index contributed by atoms with van der Waals surface area (Å²) in [5.74, 6) is 0.474. The Morgan fingerprint density at radius 3 is 2.65 bits per heavy atom. The van der Waals surface area contributed by atoms with Crippen LogP contribution in [0.15, 0.2) is 24.3 Å². The second kappa shape index (κ2) is 6.39. The number of para-hydroxylation sites is 1. The zero-order valence-electron chi connectivity index (χ0n) is 9.75. The van der Waals surface area contributed by atoms with Crippen molar-refractivity contribution in [2.24, 2.45) is 5.92 Å². The van der Waals surface area contributed by atoms with E-state index in [9.17, 15) is 14.9 Å². The Morgan fingerprint density at radius 2 is 2.06 bits per heavy atom. The van der Waals surface area contributed by atoms with Crippen LogP contribution >= 0.6 is 11.8 Å². The standard InChI is InChI=1S/C12H14NO3S/c1-9(7-14)8-17-10(2)11-5-3-4-6-12(11)13(15)16/h3-6,9-10H,8H2,1-2H3. The maximum atomic E-state index is 10.9. The molecule has 1 rings (SSSR count). The van der Waals surface area contributed by atoms with Crippen LogP contribution in [0, 0.1) is 16.0 Å². The van der Waals surface area contributed by atoms with Gasteiger partial charge in [-0.1, -0.05) is 25.1 Å². The van der Waals surface area contributed by atoms with Gasteiger partial charge in [-0.2, -0.15) is 11.8 Å². The molecule has 1 radical (unpaired) electrons. The van der Waals surface area contributed by atoms with Crippen molar-refractivity contribution < 1.29 is 9.72 Å². The molecule has 2 atom stereocenters. The summed E-state index contributed by atoms with van der Waals surface area (Å²) in [5, 5.41) is 10.8. The smallest absolute Gasteiger partial charge is 0.273 e. The lowest BCUT2D eigenvalue weighted by Gasteiger charge is -2.12. The van der Waals surface area contributed by atoms with Crippen molar-refractivity contribution in [3.63, 3.8) is 0 Å². The number of nitro benzene ring substituents is 1. The summed E-state index contributed by atoms with van der Waals surface area (Å²) in [6, 6.07) is 6.70. The minimum absolute atomic E-state index is 0.00704. The van der Waals surface area contributed by atoms with Crippen LogP contribution in [0.1, 0.15) is 24.7 Å². The maximum Gasteiger partial charge on any atom is 0.273 e. The van der Waals surface area contributed by atoms with E-state index in [1.165, 1.54) is 17.8 Å². The van der Waals surface area contributed by atoms with Crippen LogP contribution in [-0.4, -0.2) is 17.0 Å². The molecule has 0 amide bonds. The van der Waals surface area contributed by atoms with E-state index in [1.807, 2.05) is 13.2 Å². The molecule has 0 heterocycles. The number of nitrogens with zero attached hydrogens (tertiary/aromatic N) is 1. The van der Waals surface area contributed by atoms with Gasteiger partial charge >= 0.3 is 0 Å². The van der Waals surface area contributed by atoms with Crippen LogP contribution in [0.4, 0.5) is 5.69 Å². The number of hydrogen-bond donors (Lipinski definition) is 0. The summed E-state index contributed by atoms with van der Waals surface area (Å²) in [5.41, 5.74) is 0.829. The Morgan fingerprint density at radius 1 is 1.41 bits per heavy atom. The summed E-state index contributed by atoms with van der Waals surface area (Å²) in [6.45, 7) is 3.69. The number of hydrogen-bond acceptors (Lipinski definition) is 4. The number of nitro groups is 1. The van der Waals surface area contributed by atoms with Crippen molar-refractivity contribution in [2.45, 2.75) is 19.1 Å². The third kappa shape index (κ3) is 3.85. The van der Waals surface area contributed by atoms with Crippen LogP contribution in [0.2, 0.25) is 0 Å². The van der Waals surface area contributed by atoms with Crippen molar-refractivity contribution in [3.8, 4) is 0 Å². The third-order valence-electron chi connectivity index (χ3n) is 2.37. The molecule has 0 bridgehead atoms. The average Bonchev–Trinajstić information content (AvgIpc) is 2.35. The number of carbonyl (C=O) groups excluding carboxylic acids is 1. The predicted molar refractivity (Wildman–Crippen MR) is 68.8 cm³/mol. The van der Waals surface area contributed by atoms with E-state index in [4.69, 9.17) is 0 Å². The molecule has 0 aliphatic heterocycles. The number of rotatable bonds is 6. The minimum Gasteiger partial charge on any atom is -0.291 e. The van der Waals surface area contributed by atoms with Crippen molar-refractivity contribution in [1.82, 2.24) is 0 Å². The lowest BCUT2D eigenvalue weighted by molar-refractivity contribution is -0.385. The van der Waals surface area contributed by atoms with Crippen LogP contribution in [0.5, 0.6) is 0 Å². The van der Waals surface area contributed by atoms with Crippen LogP contribution in [0.3, 0.4) is 0 Å². The monoisotopic (exact) mass is 252 g/mol. The zero-order valence-corrected chi connectivity index (χ0v) is 10.6. The molecule has 17 heavy (non-hydrogen) atoms. The molecular formula is C12H14NO3S. The first-order valence-electron chi connectivity index (χ1n) is 5.28. The van der Waals surface area contributed by atoms with Gasteiger partial charge in [0, 0.05) is 28.6 Å².